The molecule has 0 spiro atoms. The SMILES string of the molecule is CC(C)C1C(=O)C[C@]2(NC(=O)NCc3ccsc3)CC[C@]3(C)C(=C12)CCC1[C@@]2(C)CC[C@H](OC(=O)CC(C)(C)C(=O)O)C(C)(C)C2CC[C@]13C. The Morgan fingerprint density at radius 3 is 2.38 bits per heavy atom. The standard InChI is InChI=1S/C41H60N2O6S/c1-24(2)32-27(44)20-41(43-35(48)42-22-25-14-19-50-23-25)18-17-39(8)26(33(32)41)10-11-29-38(7)15-13-30(49-31(45)21-36(3,4)34(46)47)37(5,6)28(38)12-16-40(29,39)9/h14,19,23-24,28-30,32H,10-13,15-18,20-22H2,1-9H3,(H,46,47)(H2,42,43,48)/t28?,29?,30-,32?,38-,39+,40+,41+/m0/s1. The monoisotopic (exact) mass is 708 g/mol. The van der Waals surface area contributed by atoms with Crippen LogP contribution in [0, 0.1) is 50.7 Å². The molecule has 0 radical (unpaired) electrons. The molecule has 3 N–H and O–H groups in total. The van der Waals surface area contributed by atoms with E-state index in [4.69, 9.17) is 4.74 Å². The minimum Gasteiger partial charge on any atom is -0.481 e. The van der Waals surface area contributed by atoms with Gasteiger partial charge in [0.2, 0.25) is 0 Å². The van der Waals surface area contributed by atoms with Gasteiger partial charge in [0.15, 0.2) is 0 Å². The van der Waals surface area contributed by atoms with Gasteiger partial charge >= 0.3 is 18.0 Å². The zero-order valence-corrected chi connectivity index (χ0v) is 32.6. The predicted octanol–water partition coefficient (Wildman–Crippen LogP) is 8.69. The molecule has 276 valence electrons. The zero-order valence-electron chi connectivity index (χ0n) is 31.8. The maximum absolute atomic E-state index is 13.9. The smallest absolute Gasteiger partial charge is 0.315 e. The number of fused-ring (bicyclic) bond motifs is 6. The molecule has 8 atom stereocenters. The summed E-state index contributed by atoms with van der Waals surface area (Å²) >= 11 is 1.62. The highest BCUT2D eigenvalue weighted by atomic mass is 32.1. The van der Waals surface area contributed by atoms with Crippen LogP contribution in [0.2, 0.25) is 0 Å². The van der Waals surface area contributed by atoms with Gasteiger partial charge in [-0.25, -0.2) is 4.79 Å². The van der Waals surface area contributed by atoms with Crippen LogP contribution in [0.15, 0.2) is 28.0 Å². The fourth-order valence-electron chi connectivity index (χ4n) is 12.3. The second-order valence-electron chi connectivity index (χ2n) is 18.9. The molecule has 9 heteroatoms. The summed E-state index contributed by atoms with van der Waals surface area (Å²) < 4.78 is 6.15. The van der Waals surface area contributed by atoms with Crippen LogP contribution in [-0.2, 0) is 25.7 Å². The van der Waals surface area contributed by atoms with E-state index in [1.165, 1.54) is 11.1 Å². The van der Waals surface area contributed by atoms with Gasteiger partial charge in [0.05, 0.1) is 17.4 Å². The molecule has 5 aliphatic rings. The molecule has 0 aromatic carbocycles. The Kier molecular flexibility index (Phi) is 9.26. The van der Waals surface area contributed by atoms with Gasteiger partial charge in [-0.1, -0.05) is 54.0 Å². The number of urea groups is 1. The first kappa shape index (κ1) is 37.1. The normalized spacial score (nSPS) is 37.7. The molecular formula is C41H60N2O6S. The second-order valence-corrected chi connectivity index (χ2v) is 19.7. The van der Waals surface area contributed by atoms with Gasteiger partial charge in [-0.3, -0.25) is 14.4 Å². The predicted molar refractivity (Wildman–Crippen MR) is 195 cm³/mol. The Bertz CT molecular complexity index is 1580. The molecule has 1 aromatic heterocycles. The number of nitrogens with one attached hydrogen (secondary N) is 2. The van der Waals surface area contributed by atoms with E-state index < -0.39 is 22.9 Å². The number of thiophene rings is 1. The minimum atomic E-state index is -1.17. The van der Waals surface area contributed by atoms with E-state index in [9.17, 15) is 24.3 Å². The lowest BCUT2D eigenvalue weighted by Crippen LogP contribution is -2.65. The third kappa shape index (κ3) is 5.67. The number of amides is 2. The van der Waals surface area contributed by atoms with E-state index in [1.54, 1.807) is 25.2 Å². The van der Waals surface area contributed by atoms with Crippen LogP contribution < -0.4 is 10.6 Å². The van der Waals surface area contributed by atoms with Crippen LogP contribution in [0.1, 0.15) is 132 Å². The lowest BCUT2D eigenvalue weighted by Gasteiger charge is -2.70. The molecule has 0 bridgehead atoms. The largest absolute Gasteiger partial charge is 0.481 e. The number of carbonyl (C=O) groups excluding carboxylic acids is 3. The number of aliphatic carboxylic acids is 1. The Morgan fingerprint density at radius 1 is 1.02 bits per heavy atom. The Morgan fingerprint density at radius 2 is 1.74 bits per heavy atom. The van der Waals surface area contributed by atoms with Crippen molar-refractivity contribution in [3.8, 4) is 0 Å². The topological polar surface area (TPSA) is 122 Å². The average molecular weight is 709 g/mol. The number of carboxylic acid groups (broad SMARTS) is 1. The minimum absolute atomic E-state index is 0.0183. The van der Waals surface area contributed by atoms with Gasteiger partial charge in [0.1, 0.15) is 11.9 Å². The lowest BCUT2D eigenvalue weighted by molar-refractivity contribution is -0.214. The number of esters is 1. The van der Waals surface area contributed by atoms with E-state index >= 15 is 0 Å². The van der Waals surface area contributed by atoms with Gasteiger partial charge in [-0.2, -0.15) is 11.3 Å². The van der Waals surface area contributed by atoms with Crippen molar-refractivity contribution in [2.75, 3.05) is 0 Å². The number of carbonyl (C=O) groups is 4. The zero-order chi connectivity index (χ0) is 36.7. The molecule has 6 rings (SSSR count). The van der Waals surface area contributed by atoms with Crippen molar-refractivity contribution in [2.45, 2.75) is 145 Å². The summed E-state index contributed by atoms with van der Waals surface area (Å²) in [7, 11) is 0. The Labute approximate surface area is 303 Å². The molecule has 4 saturated carbocycles. The number of Topliss-reactive ketones (excluding diaryl/α,β-unsaturated/α-hetero) is 1. The summed E-state index contributed by atoms with van der Waals surface area (Å²) in [5, 5.41) is 20.1. The number of hydrogen-bond donors (Lipinski definition) is 3. The Balaban J connectivity index is 1.29. The van der Waals surface area contributed by atoms with Crippen LogP contribution in [0.4, 0.5) is 4.79 Å². The average Bonchev–Trinajstić information content (AvgIpc) is 3.63. The van der Waals surface area contributed by atoms with Crippen LogP contribution in [0.3, 0.4) is 0 Å². The quantitative estimate of drug-likeness (QED) is 0.184. The van der Waals surface area contributed by atoms with Crippen LogP contribution in [-0.4, -0.2) is 40.5 Å². The number of ketones is 1. The number of ether oxygens (including phenoxy) is 1. The highest BCUT2D eigenvalue weighted by Crippen LogP contribution is 2.75. The fraction of sp³-hybridized carbons (Fsp3) is 0.756. The first-order chi connectivity index (χ1) is 23.2. The summed E-state index contributed by atoms with van der Waals surface area (Å²) in [5.41, 5.74) is 1.67. The van der Waals surface area contributed by atoms with Crippen LogP contribution in [0.5, 0.6) is 0 Å². The van der Waals surface area contributed by atoms with Gasteiger partial charge in [-0.15, -0.1) is 0 Å². The summed E-state index contributed by atoms with van der Waals surface area (Å²) in [6, 6.07) is 1.82. The molecule has 2 amide bonds. The maximum Gasteiger partial charge on any atom is 0.315 e. The summed E-state index contributed by atoms with van der Waals surface area (Å²) in [6.07, 6.45) is 7.50. The van der Waals surface area contributed by atoms with Crippen LogP contribution >= 0.6 is 11.3 Å². The molecule has 1 heterocycles. The fourth-order valence-corrected chi connectivity index (χ4v) is 13.0. The molecule has 8 nitrogen and oxygen atoms in total. The number of carboxylic acids is 1. The highest BCUT2D eigenvalue weighted by molar-refractivity contribution is 7.07. The third-order valence-electron chi connectivity index (χ3n) is 15.1. The van der Waals surface area contributed by atoms with E-state index in [2.05, 4.69) is 59.1 Å². The van der Waals surface area contributed by atoms with Gasteiger partial charge < -0.3 is 20.5 Å². The summed E-state index contributed by atoms with van der Waals surface area (Å²) in [4.78, 5) is 52.2. The Hall–Kier alpha value is -2.68. The van der Waals surface area contributed by atoms with Gasteiger partial charge in [-0.05, 0) is 127 Å². The van der Waals surface area contributed by atoms with E-state index in [1.807, 2.05) is 16.8 Å². The van der Waals surface area contributed by atoms with Crippen molar-refractivity contribution in [2.24, 2.45) is 50.7 Å². The molecule has 3 unspecified atom stereocenters. The molecule has 1 aromatic rings. The van der Waals surface area contributed by atoms with E-state index in [0.717, 1.165) is 56.9 Å². The molecule has 4 fully saturated rings. The maximum atomic E-state index is 13.9. The number of hydrogen-bond acceptors (Lipinski definition) is 6. The van der Waals surface area contributed by atoms with E-state index in [-0.39, 0.29) is 57.8 Å². The second kappa shape index (κ2) is 12.5. The molecule has 5 aliphatic carbocycles. The molecule has 50 heavy (non-hydrogen) atoms. The number of rotatable bonds is 8. The molecular weight excluding hydrogens is 649 g/mol. The van der Waals surface area contributed by atoms with Crippen molar-refractivity contribution in [3.05, 3.63) is 33.5 Å². The van der Waals surface area contributed by atoms with Crippen molar-refractivity contribution < 1.29 is 29.0 Å². The van der Waals surface area contributed by atoms with Crippen molar-refractivity contribution in [1.29, 1.82) is 0 Å². The van der Waals surface area contributed by atoms with Crippen molar-refractivity contribution in [3.63, 3.8) is 0 Å². The highest BCUT2D eigenvalue weighted by Gasteiger charge is 2.69. The summed E-state index contributed by atoms with van der Waals surface area (Å²) in [6.45, 7) is 20.0. The lowest BCUT2D eigenvalue weighted by atomic mass is 9.34. The third-order valence-corrected chi connectivity index (χ3v) is 15.8. The number of allylic oxidation sites excluding steroid dienone is 1. The first-order valence-electron chi connectivity index (χ1n) is 19.0. The molecule has 0 saturated heterocycles. The van der Waals surface area contributed by atoms with Crippen LogP contribution in [0.25, 0.3) is 0 Å². The first-order valence-corrected chi connectivity index (χ1v) is 19.9. The summed E-state index contributed by atoms with van der Waals surface area (Å²) in [5.74, 6) is -0.355. The molecule has 0 aliphatic heterocycles. The van der Waals surface area contributed by atoms with Crippen molar-refractivity contribution in [1.82, 2.24) is 10.6 Å². The van der Waals surface area contributed by atoms with Gasteiger partial charge in [0.25, 0.3) is 0 Å². The van der Waals surface area contributed by atoms with Crippen molar-refractivity contribution >= 4 is 35.1 Å². The van der Waals surface area contributed by atoms with E-state index in [0.29, 0.717) is 24.8 Å². The van der Waals surface area contributed by atoms with Gasteiger partial charge in [0, 0.05) is 24.3 Å².